The molecule has 0 spiro atoms. The van der Waals surface area contributed by atoms with Crippen LogP contribution >= 0.6 is 0 Å². The number of anilines is 2. The van der Waals surface area contributed by atoms with Gasteiger partial charge in [-0.15, -0.1) is 10.2 Å². The Morgan fingerprint density at radius 3 is 2.35 bits per heavy atom. The zero-order valence-electron chi connectivity index (χ0n) is 14.0. The predicted molar refractivity (Wildman–Crippen MR) is 100.0 cm³/mol. The van der Waals surface area contributed by atoms with Crippen LogP contribution in [0.3, 0.4) is 0 Å². The summed E-state index contributed by atoms with van der Waals surface area (Å²) in [6.07, 6.45) is 3.39. The number of rotatable bonds is 5. The first-order valence-electron chi connectivity index (χ1n) is 8.26. The molecule has 4 rings (SSSR count). The summed E-state index contributed by atoms with van der Waals surface area (Å²) in [4.78, 5) is 4.38. The number of ether oxygens (including phenoxy) is 1. The molecule has 2 aromatic heterocycles. The van der Waals surface area contributed by atoms with E-state index < -0.39 is 0 Å². The van der Waals surface area contributed by atoms with Crippen molar-refractivity contribution in [3.05, 3.63) is 72.1 Å². The van der Waals surface area contributed by atoms with Crippen LogP contribution in [-0.2, 0) is 12.8 Å². The molecule has 7 heteroatoms. The monoisotopic (exact) mass is 346 g/mol. The van der Waals surface area contributed by atoms with Gasteiger partial charge in [0.05, 0.1) is 5.69 Å². The van der Waals surface area contributed by atoms with Crippen molar-refractivity contribution in [2.24, 2.45) is 0 Å². The summed E-state index contributed by atoms with van der Waals surface area (Å²) >= 11 is 0. The SMILES string of the molecule is Nc1nc(CCc2ccc(Oc3ccccc3)cc2)cn2c(N)nnc12. The second kappa shape index (κ2) is 6.72. The van der Waals surface area contributed by atoms with Gasteiger partial charge >= 0.3 is 0 Å². The maximum Gasteiger partial charge on any atom is 0.226 e. The average molecular weight is 346 g/mol. The fraction of sp³-hybridized carbons (Fsp3) is 0.105. The molecule has 0 radical (unpaired) electrons. The number of nitrogen functional groups attached to an aromatic ring is 2. The molecule has 0 amide bonds. The van der Waals surface area contributed by atoms with Crippen LogP contribution in [0.5, 0.6) is 11.5 Å². The molecule has 0 aliphatic heterocycles. The van der Waals surface area contributed by atoms with Crippen molar-refractivity contribution in [1.82, 2.24) is 19.6 Å². The van der Waals surface area contributed by atoms with Crippen molar-refractivity contribution in [2.75, 3.05) is 11.5 Å². The van der Waals surface area contributed by atoms with Gasteiger partial charge in [-0.3, -0.25) is 4.40 Å². The number of para-hydroxylation sites is 1. The molecule has 4 N–H and O–H groups in total. The summed E-state index contributed by atoms with van der Waals surface area (Å²) in [5.74, 6) is 2.26. The Labute approximate surface area is 150 Å². The van der Waals surface area contributed by atoms with Crippen molar-refractivity contribution >= 4 is 17.4 Å². The summed E-state index contributed by atoms with van der Waals surface area (Å²) in [7, 11) is 0. The molecule has 0 aliphatic rings. The van der Waals surface area contributed by atoms with Crippen molar-refractivity contribution in [3.8, 4) is 11.5 Å². The Kier molecular flexibility index (Phi) is 4.10. The first-order chi connectivity index (χ1) is 12.7. The Morgan fingerprint density at radius 1 is 0.846 bits per heavy atom. The van der Waals surface area contributed by atoms with Gasteiger partial charge in [0.2, 0.25) is 11.6 Å². The number of hydrogen-bond acceptors (Lipinski definition) is 6. The van der Waals surface area contributed by atoms with E-state index >= 15 is 0 Å². The van der Waals surface area contributed by atoms with E-state index in [4.69, 9.17) is 16.2 Å². The third kappa shape index (κ3) is 3.27. The number of fused-ring (bicyclic) bond motifs is 1. The molecule has 0 unspecified atom stereocenters. The zero-order chi connectivity index (χ0) is 17.9. The lowest BCUT2D eigenvalue weighted by Gasteiger charge is -2.07. The fourth-order valence-corrected chi connectivity index (χ4v) is 2.73. The minimum Gasteiger partial charge on any atom is -0.457 e. The van der Waals surface area contributed by atoms with Crippen LogP contribution in [0.15, 0.2) is 60.8 Å². The number of benzene rings is 2. The molecule has 0 aliphatic carbocycles. The third-order valence-electron chi connectivity index (χ3n) is 4.07. The molecule has 0 saturated carbocycles. The Balaban J connectivity index is 1.44. The normalized spacial score (nSPS) is 10.9. The number of aromatic nitrogens is 4. The van der Waals surface area contributed by atoms with Gasteiger partial charge in [0.15, 0.2) is 5.82 Å². The number of aryl methyl sites for hydroxylation is 2. The maximum atomic E-state index is 5.93. The predicted octanol–water partition coefficient (Wildman–Crippen LogP) is 2.87. The van der Waals surface area contributed by atoms with E-state index in [9.17, 15) is 0 Å². The molecule has 130 valence electrons. The van der Waals surface area contributed by atoms with Crippen LogP contribution in [0.4, 0.5) is 11.8 Å². The average Bonchev–Trinajstić information content (AvgIpc) is 3.04. The van der Waals surface area contributed by atoms with E-state index in [1.165, 1.54) is 5.56 Å². The summed E-state index contributed by atoms with van der Waals surface area (Å²) in [6.45, 7) is 0. The Morgan fingerprint density at radius 2 is 1.58 bits per heavy atom. The van der Waals surface area contributed by atoms with Crippen molar-refractivity contribution < 1.29 is 4.74 Å². The lowest BCUT2D eigenvalue weighted by molar-refractivity contribution is 0.482. The van der Waals surface area contributed by atoms with Gasteiger partial charge in [0.25, 0.3) is 0 Å². The van der Waals surface area contributed by atoms with E-state index in [0.29, 0.717) is 17.4 Å². The molecule has 4 aromatic rings. The quantitative estimate of drug-likeness (QED) is 0.576. The van der Waals surface area contributed by atoms with Crippen molar-refractivity contribution in [3.63, 3.8) is 0 Å². The van der Waals surface area contributed by atoms with Gasteiger partial charge in [-0.2, -0.15) is 0 Å². The van der Waals surface area contributed by atoms with Gasteiger partial charge in [-0.05, 0) is 42.7 Å². The van der Waals surface area contributed by atoms with E-state index in [1.54, 1.807) is 4.40 Å². The molecule has 0 bridgehead atoms. The van der Waals surface area contributed by atoms with Crippen LogP contribution in [-0.4, -0.2) is 19.6 Å². The summed E-state index contributed by atoms with van der Waals surface area (Å²) in [5, 5.41) is 7.72. The summed E-state index contributed by atoms with van der Waals surface area (Å²) in [6, 6.07) is 17.7. The van der Waals surface area contributed by atoms with E-state index in [-0.39, 0.29) is 0 Å². The van der Waals surface area contributed by atoms with Gasteiger partial charge < -0.3 is 16.2 Å². The highest BCUT2D eigenvalue weighted by Gasteiger charge is 2.09. The zero-order valence-corrected chi connectivity index (χ0v) is 14.0. The largest absolute Gasteiger partial charge is 0.457 e. The maximum absolute atomic E-state index is 5.93. The minimum absolute atomic E-state index is 0.303. The molecule has 26 heavy (non-hydrogen) atoms. The van der Waals surface area contributed by atoms with Gasteiger partial charge in [-0.1, -0.05) is 30.3 Å². The van der Waals surface area contributed by atoms with Gasteiger partial charge in [-0.25, -0.2) is 4.98 Å². The Bertz CT molecular complexity index is 1030. The first-order valence-corrected chi connectivity index (χ1v) is 8.26. The first kappa shape index (κ1) is 15.9. The fourth-order valence-electron chi connectivity index (χ4n) is 2.73. The smallest absolute Gasteiger partial charge is 0.226 e. The molecule has 0 saturated heterocycles. The number of nitrogens with two attached hydrogens (primary N) is 2. The van der Waals surface area contributed by atoms with E-state index in [2.05, 4.69) is 15.2 Å². The highest BCUT2D eigenvalue weighted by Crippen LogP contribution is 2.21. The number of nitrogens with zero attached hydrogens (tertiary/aromatic N) is 4. The van der Waals surface area contributed by atoms with Crippen LogP contribution < -0.4 is 16.2 Å². The molecule has 0 fully saturated rings. The van der Waals surface area contributed by atoms with Gasteiger partial charge in [0.1, 0.15) is 11.5 Å². The molecule has 2 heterocycles. The second-order valence-electron chi connectivity index (χ2n) is 5.93. The van der Waals surface area contributed by atoms with E-state index in [0.717, 1.165) is 30.0 Å². The summed E-state index contributed by atoms with van der Waals surface area (Å²) in [5.41, 5.74) is 14.2. The van der Waals surface area contributed by atoms with Crippen LogP contribution in [0.2, 0.25) is 0 Å². The lowest BCUT2D eigenvalue weighted by Crippen LogP contribution is -2.04. The Hall–Kier alpha value is -3.61. The minimum atomic E-state index is 0.303. The van der Waals surface area contributed by atoms with Gasteiger partial charge in [0, 0.05) is 6.20 Å². The van der Waals surface area contributed by atoms with Crippen molar-refractivity contribution in [1.29, 1.82) is 0 Å². The van der Waals surface area contributed by atoms with Crippen molar-refractivity contribution in [2.45, 2.75) is 12.8 Å². The third-order valence-corrected chi connectivity index (χ3v) is 4.07. The molecule has 0 atom stereocenters. The molecular weight excluding hydrogens is 328 g/mol. The van der Waals surface area contributed by atoms with E-state index in [1.807, 2.05) is 60.8 Å². The lowest BCUT2D eigenvalue weighted by atomic mass is 10.1. The molecule has 2 aromatic carbocycles. The molecule has 7 nitrogen and oxygen atoms in total. The highest BCUT2D eigenvalue weighted by atomic mass is 16.5. The second-order valence-corrected chi connectivity index (χ2v) is 5.93. The topological polar surface area (TPSA) is 104 Å². The van der Waals surface area contributed by atoms with Crippen LogP contribution in [0.25, 0.3) is 5.65 Å². The highest BCUT2D eigenvalue weighted by molar-refractivity contribution is 5.61. The number of hydrogen-bond donors (Lipinski definition) is 2. The summed E-state index contributed by atoms with van der Waals surface area (Å²) < 4.78 is 7.47. The van der Waals surface area contributed by atoms with Crippen LogP contribution in [0, 0.1) is 0 Å². The molecular formula is C19H18N6O. The van der Waals surface area contributed by atoms with Crippen LogP contribution in [0.1, 0.15) is 11.3 Å². The standard InChI is InChI=1S/C19H18N6O/c20-17-18-23-24-19(21)25(18)12-14(22-17)9-6-13-7-10-16(11-8-13)26-15-4-2-1-3-5-15/h1-5,7-8,10-12H,6,9H2,(H2,20,22)(H2,21,24).